The quantitative estimate of drug-likeness (QED) is 0.379. The van der Waals surface area contributed by atoms with Crippen LogP contribution in [-0.2, 0) is 11.3 Å². The molecule has 0 fully saturated rings. The third-order valence-electron chi connectivity index (χ3n) is 5.34. The van der Waals surface area contributed by atoms with Crippen molar-refractivity contribution in [1.82, 2.24) is 20.1 Å². The predicted octanol–water partition coefficient (Wildman–Crippen LogP) is 3.12. The number of ether oxygens (including phenoxy) is 1. The number of nitrogens with one attached hydrogen (secondary N) is 2. The Morgan fingerprint density at radius 3 is 2.47 bits per heavy atom. The van der Waals surface area contributed by atoms with Gasteiger partial charge < -0.3 is 25.0 Å². The first-order chi connectivity index (χ1) is 16.4. The minimum atomic E-state index is -0.749. The standard InChI is InChI=1S/C24H29N5O4S/c1-5-29-22(20(13-30)26-23(32)17-7-10-19(33-4)11-8-17)27-28-24(29)34-14-21(31)25-18-9-6-15(2)16(3)12-18/h6-12,20,30H,5,13-14H2,1-4H3,(H,25,31)(H,26,32)/t20-/m1/s1. The number of carbonyl (C=O) groups is 2. The summed E-state index contributed by atoms with van der Waals surface area (Å²) in [5.41, 5.74) is 3.44. The summed E-state index contributed by atoms with van der Waals surface area (Å²) in [6.45, 7) is 6.09. The smallest absolute Gasteiger partial charge is 0.251 e. The van der Waals surface area contributed by atoms with Gasteiger partial charge in [-0.25, -0.2) is 0 Å². The summed E-state index contributed by atoms with van der Waals surface area (Å²) in [4.78, 5) is 25.1. The summed E-state index contributed by atoms with van der Waals surface area (Å²) in [6.07, 6.45) is 0. The predicted molar refractivity (Wildman–Crippen MR) is 131 cm³/mol. The number of aliphatic hydroxyl groups excluding tert-OH is 1. The SMILES string of the molecule is CCn1c(SCC(=O)Nc2ccc(C)c(C)c2)nnc1[C@@H](CO)NC(=O)c1ccc(OC)cc1. The van der Waals surface area contributed by atoms with E-state index in [0.717, 1.165) is 16.8 Å². The highest BCUT2D eigenvalue weighted by Gasteiger charge is 2.23. The van der Waals surface area contributed by atoms with E-state index in [-0.39, 0.29) is 24.2 Å². The second-order valence-corrected chi connectivity index (χ2v) is 8.60. The lowest BCUT2D eigenvalue weighted by Gasteiger charge is -2.17. The molecule has 1 atom stereocenters. The van der Waals surface area contributed by atoms with E-state index in [0.29, 0.717) is 28.8 Å². The Morgan fingerprint density at radius 1 is 1.12 bits per heavy atom. The number of aliphatic hydroxyl groups is 1. The number of nitrogens with zero attached hydrogens (tertiary/aromatic N) is 3. The molecule has 3 N–H and O–H groups in total. The molecule has 180 valence electrons. The molecule has 0 radical (unpaired) electrons. The number of aryl methyl sites for hydroxylation is 2. The molecular weight excluding hydrogens is 454 g/mol. The van der Waals surface area contributed by atoms with Gasteiger partial charge in [0.2, 0.25) is 5.91 Å². The molecule has 0 saturated carbocycles. The Balaban J connectivity index is 1.65. The summed E-state index contributed by atoms with van der Waals surface area (Å²) < 4.78 is 6.89. The maximum absolute atomic E-state index is 12.6. The number of rotatable bonds is 10. The number of hydrogen-bond donors (Lipinski definition) is 3. The molecule has 34 heavy (non-hydrogen) atoms. The molecule has 3 rings (SSSR count). The molecule has 0 unspecified atom stereocenters. The van der Waals surface area contributed by atoms with Crippen LogP contribution in [0.15, 0.2) is 47.6 Å². The Morgan fingerprint density at radius 2 is 1.85 bits per heavy atom. The minimum Gasteiger partial charge on any atom is -0.497 e. The van der Waals surface area contributed by atoms with E-state index in [1.165, 1.54) is 11.8 Å². The molecular formula is C24H29N5O4S. The van der Waals surface area contributed by atoms with Crippen LogP contribution >= 0.6 is 11.8 Å². The molecule has 0 aliphatic carbocycles. The van der Waals surface area contributed by atoms with Gasteiger partial charge in [0, 0.05) is 17.8 Å². The van der Waals surface area contributed by atoms with E-state index in [1.54, 1.807) is 35.9 Å². The number of carbonyl (C=O) groups excluding carboxylic acids is 2. The second-order valence-electron chi connectivity index (χ2n) is 7.66. The third kappa shape index (κ3) is 6.15. The Labute approximate surface area is 202 Å². The zero-order valence-electron chi connectivity index (χ0n) is 19.7. The van der Waals surface area contributed by atoms with Crippen LogP contribution in [0.4, 0.5) is 5.69 Å². The maximum atomic E-state index is 12.6. The number of methoxy groups -OCH3 is 1. The summed E-state index contributed by atoms with van der Waals surface area (Å²) in [7, 11) is 1.55. The molecule has 10 heteroatoms. The first-order valence-electron chi connectivity index (χ1n) is 10.8. The van der Waals surface area contributed by atoms with Gasteiger partial charge in [-0.15, -0.1) is 10.2 Å². The fraction of sp³-hybridized carbons (Fsp3) is 0.333. The summed E-state index contributed by atoms with van der Waals surface area (Å²) in [6, 6.07) is 11.7. The summed E-state index contributed by atoms with van der Waals surface area (Å²) in [5.74, 6) is 0.696. The number of thioether (sulfide) groups is 1. The van der Waals surface area contributed by atoms with E-state index in [4.69, 9.17) is 4.74 Å². The van der Waals surface area contributed by atoms with Gasteiger partial charge in [0.25, 0.3) is 5.91 Å². The highest BCUT2D eigenvalue weighted by molar-refractivity contribution is 7.99. The molecule has 0 aliphatic heterocycles. The number of aromatic nitrogens is 3. The molecule has 0 aliphatic rings. The highest BCUT2D eigenvalue weighted by Crippen LogP contribution is 2.22. The Kier molecular flexibility index (Phi) is 8.67. The van der Waals surface area contributed by atoms with Crippen molar-refractivity contribution in [3.05, 3.63) is 65.0 Å². The van der Waals surface area contributed by atoms with Crippen molar-refractivity contribution in [2.24, 2.45) is 0 Å². The van der Waals surface area contributed by atoms with Crippen LogP contribution in [0.1, 0.15) is 40.3 Å². The van der Waals surface area contributed by atoms with Crippen molar-refractivity contribution in [3.8, 4) is 5.75 Å². The van der Waals surface area contributed by atoms with Crippen LogP contribution < -0.4 is 15.4 Å². The average Bonchev–Trinajstić information content (AvgIpc) is 3.26. The molecule has 0 saturated heterocycles. The van der Waals surface area contributed by atoms with Crippen LogP contribution in [0, 0.1) is 13.8 Å². The lowest BCUT2D eigenvalue weighted by atomic mass is 10.1. The van der Waals surface area contributed by atoms with Crippen LogP contribution in [0.5, 0.6) is 5.75 Å². The van der Waals surface area contributed by atoms with Gasteiger partial charge >= 0.3 is 0 Å². The van der Waals surface area contributed by atoms with Crippen molar-refractivity contribution >= 4 is 29.3 Å². The van der Waals surface area contributed by atoms with Gasteiger partial charge in [0.15, 0.2) is 11.0 Å². The van der Waals surface area contributed by atoms with Gasteiger partial charge in [-0.3, -0.25) is 9.59 Å². The molecule has 1 heterocycles. The molecule has 2 aromatic carbocycles. The van der Waals surface area contributed by atoms with Crippen molar-refractivity contribution in [1.29, 1.82) is 0 Å². The third-order valence-corrected chi connectivity index (χ3v) is 6.30. The average molecular weight is 484 g/mol. The normalized spacial score (nSPS) is 11.7. The van der Waals surface area contributed by atoms with Crippen molar-refractivity contribution < 1.29 is 19.4 Å². The molecule has 9 nitrogen and oxygen atoms in total. The molecule has 3 aromatic rings. The van der Waals surface area contributed by atoms with Gasteiger partial charge in [-0.05, 0) is 68.3 Å². The van der Waals surface area contributed by atoms with Crippen LogP contribution in [0.2, 0.25) is 0 Å². The lowest BCUT2D eigenvalue weighted by Crippen LogP contribution is -2.32. The van der Waals surface area contributed by atoms with E-state index < -0.39 is 6.04 Å². The Hall–Kier alpha value is -3.37. The first kappa shape index (κ1) is 25.3. The van der Waals surface area contributed by atoms with Crippen LogP contribution in [0.3, 0.4) is 0 Å². The summed E-state index contributed by atoms with van der Waals surface area (Å²) >= 11 is 1.24. The Bertz CT molecular complexity index is 1150. The number of amides is 2. The molecule has 1 aromatic heterocycles. The number of anilines is 1. The van der Waals surface area contributed by atoms with Crippen molar-refractivity contribution in [3.63, 3.8) is 0 Å². The van der Waals surface area contributed by atoms with E-state index >= 15 is 0 Å². The van der Waals surface area contributed by atoms with Crippen molar-refractivity contribution in [2.45, 2.75) is 38.5 Å². The highest BCUT2D eigenvalue weighted by atomic mass is 32.2. The van der Waals surface area contributed by atoms with E-state index in [1.807, 2.05) is 39.0 Å². The second kappa shape index (κ2) is 11.7. The minimum absolute atomic E-state index is 0.146. The fourth-order valence-corrected chi connectivity index (χ4v) is 4.09. The van der Waals surface area contributed by atoms with E-state index in [9.17, 15) is 14.7 Å². The van der Waals surface area contributed by atoms with E-state index in [2.05, 4.69) is 20.8 Å². The van der Waals surface area contributed by atoms with Gasteiger partial charge in [-0.2, -0.15) is 0 Å². The monoisotopic (exact) mass is 483 g/mol. The van der Waals surface area contributed by atoms with Gasteiger partial charge in [0.1, 0.15) is 11.8 Å². The topological polar surface area (TPSA) is 118 Å². The lowest BCUT2D eigenvalue weighted by molar-refractivity contribution is -0.113. The molecule has 0 bridgehead atoms. The van der Waals surface area contributed by atoms with Crippen LogP contribution in [0.25, 0.3) is 0 Å². The van der Waals surface area contributed by atoms with Crippen molar-refractivity contribution in [2.75, 3.05) is 24.8 Å². The largest absolute Gasteiger partial charge is 0.497 e. The van der Waals surface area contributed by atoms with Gasteiger partial charge in [0.05, 0.1) is 19.5 Å². The molecule has 0 spiro atoms. The van der Waals surface area contributed by atoms with Crippen LogP contribution in [-0.4, -0.2) is 51.2 Å². The number of hydrogen-bond acceptors (Lipinski definition) is 7. The fourth-order valence-electron chi connectivity index (χ4n) is 3.28. The van der Waals surface area contributed by atoms with Gasteiger partial charge in [-0.1, -0.05) is 17.8 Å². The summed E-state index contributed by atoms with van der Waals surface area (Å²) in [5, 5.41) is 24.5. The maximum Gasteiger partial charge on any atom is 0.251 e. The first-order valence-corrected chi connectivity index (χ1v) is 11.8. The zero-order valence-corrected chi connectivity index (χ0v) is 20.5. The zero-order chi connectivity index (χ0) is 24.7. The molecule has 2 amide bonds. The number of benzene rings is 2.